The maximum absolute atomic E-state index is 13.3. The Morgan fingerprint density at radius 3 is 2.83 bits per heavy atom. The van der Waals surface area contributed by atoms with Crippen molar-refractivity contribution in [1.82, 2.24) is 14.5 Å². The van der Waals surface area contributed by atoms with Crippen LogP contribution in [-0.4, -0.2) is 14.5 Å². The van der Waals surface area contributed by atoms with Crippen LogP contribution in [0, 0.1) is 5.82 Å². The summed E-state index contributed by atoms with van der Waals surface area (Å²) in [5.41, 5.74) is 4.19. The molecule has 23 heavy (non-hydrogen) atoms. The minimum atomic E-state index is -0.233. The van der Waals surface area contributed by atoms with E-state index in [1.54, 1.807) is 0 Å². The van der Waals surface area contributed by atoms with Crippen molar-refractivity contribution in [3.8, 4) is 11.3 Å². The molecular formula is C19H16FN3. The van der Waals surface area contributed by atoms with E-state index in [0.29, 0.717) is 0 Å². The summed E-state index contributed by atoms with van der Waals surface area (Å²) >= 11 is 0. The highest BCUT2D eigenvalue weighted by atomic mass is 19.1. The van der Waals surface area contributed by atoms with Crippen LogP contribution in [0.2, 0.25) is 0 Å². The smallest absolute Gasteiger partial charge is 0.125 e. The Kier molecular flexibility index (Phi) is 3.42. The Balaban J connectivity index is 1.66. The van der Waals surface area contributed by atoms with Crippen molar-refractivity contribution in [1.29, 1.82) is 0 Å². The van der Waals surface area contributed by atoms with E-state index in [1.165, 1.54) is 17.7 Å². The lowest BCUT2D eigenvalue weighted by molar-refractivity contribution is 0.629. The molecule has 114 valence electrons. The highest BCUT2D eigenvalue weighted by Crippen LogP contribution is 2.29. The van der Waals surface area contributed by atoms with Crippen molar-refractivity contribution in [2.75, 3.05) is 0 Å². The number of aromatic nitrogens is 3. The fraction of sp³-hybridized carbons (Fsp3) is 0.105. The first-order valence-corrected chi connectivity index (χ1v) is 7.62. The van der Waals surface area contributed by atoms with E-state index < -0.39 is 0 Å². The van der Waals surface area contributed by atoms with Crippen LogP contribution in [0.1, 0.15) is 5.56 Å². The Morgan fingerprint density at radius 2 is 1.96 bits per heavy atom. The van der Waals surface area contributed by atoms with Crippen LogP contribution in [-0.2, 0) is 13.0 Å². The summed E-state index contributed by atoms with van der Waals surface area (Å²) in [6, 6.07) is 15.2. The molecule has 0 aliphatic heterocycles. The van der Waals surface area contributed by atoms with E-state index in [1.807, 2.05) is 30.9 Å². The predicted molar refractivity (Wildman–Crippen MR) is 89.6 cm³/mol. The normalized spacial score (nSPS) is 11.2. The molecule has 0 saturated heterocycles. The number of aryl methyl sites for hydroxylation is 2. The fourth-order valence-corrected chi connectivity index (χ4v) is 2.93. The number of imidazole rings is 1. The number of fused-ring (bicyclic) bond motifs is 1. The van der Waals surface area contributed by atoms with Crippen LogP contribution < -0.4 is 0 Å². The first-order valence-electron chi connectivity index (χ1n) is 7.62. The lowest BCUT2D eigenvalue weighted by Gasteiger charge is -2.08. The molecule has 0 aliphatic rings. The molecule has 4 aromatic rings. The first-order chi connectivity index (χ1) is 11.3. The molecule has 1 N–H and O–H groups in total. The van der Waals surface area contributed by atoms with Crippen molar-refractivity contribution in [2.45, 2.75) is 13.0 Å². The van der Waals surface area contributed by atoms with Gasteiger partial charge in [-0.15, -0.1) is 0 Å². The third kappa shape index (κ3) is 2.63. The second-order valence-corrected chi connectivity index (χ2v) is 5.60. The molecule has 2 aromatic carbocycles. The number of benzene rings is 2. The largest absolute Gasteiger partial charge is 0.360 e. The zero-order valence-corrected chi connectivity index (χ0v) is 12.5. The summed E-state index contributed by atoms with van der Waals surface area (Å²) in [7, 11) is 0. The summed E-state index contributed by atoms with van der Waals surface area (Å²) in [5.74, 6) is -0.233. The van der Waals surface area contributed by atoms with E-state index in [-0.39, 0.29) is 5.82 Å². The second-order valence-electron chi connectivity index (χ2n) is 5.60. The molecule has 0 saturated carbocycles. The number of aromatic amines is 1. The van der Waals surface area contributed by atoms with E-state index >= 15 is 0 Å². The first kappa shape index (κ1) is 13.8. The number of rotatable bonds is 4. The predicted octanol–water partition coefficient (Wildman–Crippen LogP) is 4.41. The van der Waals surface area contributed by atoms with Gasteiger partial charge in [-0.3, -0.25) is 0 Å². The van der Waals surface area contributed by atoms with Gasteiger partial charge in [-0.05, 0) is 30.2 Å². The molecule has 0 radical (unpaired) electrons. The molecule has 2 aromatic heterocycles. The summed E-state index contributed by atoms with van der Waals surface area (Å²) in [6.45, 7) is 0.854. The van der Waals surface area contributed by atoms with Gasteiger partial charge in [-0.1, -0.05) is 30.3 Å². The number of nitrogens with zero attached hydrogens (tertiary/aromatic N) is 2. The van der Waals surface area contributed by atoms with Crippen molar-refractivity contribution >= 4 is 10.9 Å². The molecule has 2 heterocycles. The zero-order chi connectivity index (χ0) is 15.6. The number of H-pyrrole nitrogens is 1. The van der Waals surface area contributed by atoms with Crippen LogP contribution in [0.3, 0.4) is 0 Å². The lowest BCUT2D eigenvalue weighted by atomic mass is 10.1. The molecule has 0 bridgehead atoms. The van der Waals surface area contributed by atoms with E-state index in [2.05, 4.69) is 38.8 Å². The summed E-state index contributed by atoms with van der Waals surface area (Å²) in [4.78, 5) is 7.43. The number of halogens is 1. The van der Waals surface area contributed by atoms with Gasteiger partial charge in [0.15, 0.2) is 0 Å². The quantitative estimate of drug-likeness (QED) is 0.595. The maximum Gasteiger partial charge on any atom is 0.125 e. The van der Waals surface area contributed by atoms with Crippen LogP contribution in [0.25, 0.3) is 22.2 Å². The zero-order valence-electron chi connectivity index (χ0n) is 12.5. The van der Waals surface area contributed by atoms with Gasteiger partial charge >= 0.3 is 0 Å². The van der Waals surface area contributed by atoms with Crippen LogP contribution in [0.5, 0.6) is 0 Å². The third-order valence-electron chi connectivity index (χ3n) is 4.12. The fourth-order valence-electron chi connectivity index (χ4n) is 2.93. The molecule has 0 atom stereocenters. The average Bonchev–Trinajstić information content (AvgIpc) is 3.19. The van der Waals surface area contributed by atoms with Gasteiger partial charge in [0.25, 0.3) is 0 Å². The summed E-state index contributed by atoms with van der Waals surface area (Å²) in [5, 5.41) is 1.01. The molecule has 0 spiro atoms. The molecule has 0 aliphatic carbocycles. The molecule has 0 fully saturated rings. The molecule has 0 unspecified atom stereocenters. The third-order valence-corrected chi connectivity index (χ3v) is 4.12. The maximum atomic E-state index is 13.3. The molecular weight excluding hydrogens is 289 g/mol. The van der Waals surface area contributed by atoms with E-state index in [9.17, 15) is 4.39 Å². The second kappa shape index (κ2) is 5.72. The highest BCUT2D eigenvalue weighted by molar-refractivity contribution is 5.94. The Labute approximate surface area is 133 Å². The highest BCUT2D eigenvalue weighted by Gasteiger charge is 2.11. The lowest BCUT2D eigenvalue weighted by Crippen LogP contribution is -2.01. The number of hydrogen-bond acceptors (Lipinski definition) is 1. The SMILES string of the molecule is Fc1ccc2c(-c3cncn3CCc3ccccc3)c[nH]c2c1. The van der Waals surface area contributed by atoms with Gasteiger partial charge in [0.2, 0.25) is 0 Å². The molecule has 4 heteroatoms. The van der Waals surface area contributed by atoms with Crippen molar-refractivity contribution in [2.24, 2.45) is 0 Å². The van der Waals surface area contributed by atoms with Gasteiger partial charge in [0.1, 0.15) is 5.82 Å². The van der Waals surface area contributed by atoms with E-state index in [4.69, 9.17) is 0 Å². The standard InChI is InChI=1S/C19H16FN3/c20-15-6-7-16-17(11-22-18(16)10-15)19-12-21-13-23(19)9-8-14-4-2-1-3-5-14/h1-7,10-13,22H,8-9H2. The molecule has 0 amide bonds. The van der Waals surface area contributed by atoms with Gasteiger partial charge in [0, 0.05) is 29.2 Å². The van der Waals surface area contributed by atoms with Crippen molar-refractivity contribution in [3.63, 3.8) is 0 Å². The van der Waals surface area contributed by atoms with Gasteiger partial charge in [-0.25, -0.2) is 9.37 Å². The van der Waals surface area contributed by atoms with Crippen molar-refractivity contribution < 1.29 is 4.39 Å². The monoisotopic (exact) mass is 305 g/mol. The van der Waals surface area contributed by atoms with Crippen LogP contribution >= 0.6 is 0 Å². The minimum Gasteiger partial charge on any atom is -0.360 e. The molecule has 3 nitrogen and oxygen atoms in total. The number of nitrogens with one attached hydrogen (secondary N) is 1. The van der Waals surface area contributed by atoms with Gasteiger partial charge < -0.3 is 9.55 Å². The van der Waals surface area contributed by atoms with Crippen LogP contribution in [0.4, 0.5) is 4.39 Å². The van der Waals surface area contributed by atoms with Crippen LogP contribution in [0.15, 0.2) is 67.3 Å². The molecule has 4 rings (SSSR count). The van der Waals surface area contributed by atoms with Gasteiger partial charge in [-0.2, -0.15) is 0 Å². The number of hydrogen-bond donors (Lipinski definition) is 1. The average molecular weight is 305 g/mol. The Hall–Kier alpha value is -2.88. The minimum absolute atomic E-state index is 0.233. The summed E-state index contributed by atoms with van der Waals surface area (Å²) < 4.78 is 15.5. The van der Waals surface area contributed by atoms with E-state index in [0.717, 1.165) is 35.1 Å². The Bertz CT molecular complexity index is 938. The van der Waals surface area contributed by atoms with Crippen molar-refractivity contribution in [3.05, 3.63) is 78.6 Å². The Morgan fingerprint density at radius 1 is 1.09 bits per heavy atom. The topological polar surface area (TPSA) is 33.6 Å². The summed E-state index contributed by atoms with van der Waals surface area (Å²) in [6.07, 6.45) is 6.57. The van der Waals surface area contributed by atoms with Gasteiger partial charge in [0.05, 0.1) is 18.2 Å².